The summed E-state index contributed by atoms with van der Waals surface area (Å²) in [6.45, 7) is 1.88. The van der Waals surface area contributed by atoms with Crippen molar-refractivity contribution in [2.75, 3.05) is 19.6 Å². The Balaban J connectivity index is 1.56. The van der Waals surface area contributed by atoms with Crippen molar-refractivity contribution in [3.8, 4) is 0 Å². The van der Waals surface area contributed by atoms with Crippen molar-refractivity contribution in [3.05, 3.63) is 30.1 Å². The Labute approximate surface area is 154 Å². The van der Waals surface area contributed by atoms with Crippen molar-refractivity contribution in [1.82, 2.24) is 9.21 Å². The summed E-state index contributed by atoms with van der Waals surface area (Å²) in [6, 6.07) is 4.24. The van der Waals surface area contributed by atoms with Gasteiger partial charge in [-0.1, -0.05) is 12.8 Å². The number of piperidine rings is 2. The smallest absolute Gasteiger partial charge is 0.243 e. The molecule has 1 aromatic carbocycles. The number of halogens is 1. The standard InChI is InChI=1S/C19H25FN2O3S/c20-16-5-7-17(8-6-16)26(24,25)22-10-9-15-11-18(22)19(23)21(13-15)12-14-3-1-2-4-14/h5-8,14-15,18H,1-4,9-13H2/t15-,18+/m0/s1. The molecule has 2 bridgehead atoms. The highest BCUT2D eigenvalue weighted by Crippen LogP contribution is 2.35. The predicted molar refractivity (Wildman–Crippen MR) is 95.3 cm³/mol. The van der Waals surface area contributed by atoms with E-state index in [2.05, 4.69) is 0 Å². The molecule has 5 nitrogen and oxygen atoms in total. The highest BCUT2D eigenvalue weighted by molar-refractivity contribution is 7.89. The summed E-state index contributed by atoms with van der Waals surface area (Å²) in [7, 11) is -3.79. The van der Waals surface area contributed by atoms with Gasteiger partial charge in [0.2, 0.25) is 15.9 Å². The maximum Gasteiger partial charge on any atom is 0.243 e. The summed E-state index contributed by atoms with van der Waals surface area (Å²) >= 11 is 0. The highest BCUT2D eigenvalue weighted by atomic mass is 32.2. The second kappa shape index (κ2) is 6.93. The molecule has 3 aliphatic rings. The van der Waals surface area contributed by atoms with Gasteiger partial charge in [-0.15, -0.1) is 0 Å². The van der Waals surface area contributed by atoms with Crippen molar-refractivity contribution in [2.45, 2.75) is 49.5 Å². The van der Waals surface area contributed by atoms with Crippen LogP contribution in [0, 0.1) is 17.7 Å². The van der Waals surface area contributed by atoms with Gasteiger partial charge in [-0.25, -0.2) is 12.8 Å². The molecule has 26 heavy (non-hydrogen) atoms. The summed E-state index contributed by atoms with van der Waals surface area (Å²) in [5.41, 5.74) is 0. The number of hydrogen-bond acceptors (Lipinski definition) is 3. The van der Waals surface area contributed by atoms with Crippen molar-refractivity contribution >= 4 is 15.9 Å². The summed E-state index contributed by atoms with van der Waals surface area (Å²) < 4.78 is 40.6. The molecule has 4 rings (SSSR count). The number of nitrogens with zero attached hydrogens (tertiary/aromatic N) is 2. The van der Waals surface area contributed by atoms with Crippen LogP contribution in [0.4, 0.5) is 4.39 Å². The van der Waals surface area contributed by atoms with Crippen LogP contribution in [0.2, 0.25) is 0 Å². The Morgan fingerprint density at radius 3 is 2.46 bits per heavy atom. The van der Waals surface area contributed by atoms with E-state index in [0.29, 0.717) is 24.8 Å². The predicted octanol–water partition coefficient (Wildman–Crippen LogP) is 2.63. The van der Waals surface area contributed by atoms with Crippen molar-refractivity contribution in [3.63, 3.8) is 0 Å². The molecule has 3 fully saturated rings. The molecular weight excluding hydrogens is 355 g/mol. The minimum absolute atomic E-state index is 0.0538. The normalized spacial score (nSPS) is 27.9. The van der Waals surface area contributed by atoms with E-state index in [4.69, 9.17) is 0 Å². The Morgan fingerprint density at radius 2 is 1.77 bits per heavy atom. The van der Waals surface area contributed by atoms with E-state index in [1.54, 1.807) is 0 Å². The van der Waals surface area contributed by atoms with Gasteiger partial charge < -0.3 is 4.90 Å². The van der Waals surface area contributed by atoms with Crippen molar-refractivity contribution < 1.29 is 17.6 Å². The fourth-order valence-corrected chi connectivity index (χ4v) is 6.33. The van der Waals surface area contributed by atoms with Gasteiger partial charge in [0.15, 0.2) is 0 Å². The Morgan fingerprint density at radius 1 is 1.08 bits per heavy atom. The van der Waals surface area contributed by atoms with Crippen LogP contribution >= 0.6 is 0 Å². The number of rotatable bonds is 4. The van der Waals surface area contributed by atoms with Gasteiger partial charge in [-0.3, -0.25) is 4.79 Å². The molecule has 0 N–H and O–H groups in total. The zero-order valence-corrected chi connectivity index (χ0v) is 15.6. The molecule has 2 aliphatic heterocycles. The average molecular weight is 380 g/mol. The zero-order valence-electron chi connectivity index (χ0n) is 14.8. The first-order valence-electron chi connectivity index (χ1n) is 9.51. The summed E-state index contributed by atoms with van der Waals surface area (Å²) in [5.74, 6) is 0.399. The quantitative estimate of drug-likeness (QED) is 0.807. The number of carbonyl (C=O) groups is 1. The van der Waals surface area contributed by atoms with Gasteiger partial charge in [0, 0.05) is 19.6 Å². The lowest BCUT2D eigenvalue weighted by molar-refractivity contribution is -0.143. The lowest BCUT2D eigenvalue weighted by Crippen LogP contribution is -2.60. The third kappa shape index (κ3) is 3.27. The van der Waals surface area contributed by atoms with Crippen molar-refractivity contribution in [1.29, 1.82) is 0 Å². The molecule has 1 aromatic rings. The highest BCUT2D eigenvalue weighted by Gasteiger charge is 2.46. The molecular formula is C19H25FN2O3S. The largest absolute Gasteiger partial charge is 0.341 e. The van der Waals surface area contributed by atoms with Crippen LogP contribution in [0.3, 0.4) is 0 Å². The van der Waals surface area contributed by atoms with Crippen LogP contribution in [0.15, 0.2) is 29.2 Å². The molecule has 2 heterocycles. The monoisotopic (exact) mass is 380 g/mol. The van der Waals surface area contributed by atoms with Gasteiger partial charge in [-0.2, -0.15) is 4.31 Å². The van der Waals surface area contributed by atoms with E-state index in [1.807, 2.05) is 4.90 Å². The summed E-state index contributed by atoms with van der Waals surface area (Å²) in [4.78, 5) is 15.0. The van der Waals surface area contributed by atoms with Gasteiger partial charge in [-0.05, 0) is 61.8 Å². The van der Waals surface area contributed by atoms with E-state index in [1.165, 1.54) is 29.3 Å². The lowest BCUT2D eigenvalue weighted by atomic mass is 9.87. The molecule has 1 amide bonds. The van der Waals surface area contributed by atoms with E-state index in [9.17, 15) is 17.6 Å². The van der Waals surface area contributed by atoms with Gasteiger partial charge in [0.1, 0.15) is 11.9 Å². The second-order valence-electron chi connectivity index (χ2n) is 7.87. The first kappa shape index (κ1) is 17.9. The molecule has 0 unspecified atom stereocenters. The van der Waals surface area contributed by atoms with E-state index < -0.39 is 21.9 Å². The molecule has 0 spiro atoms. The third-order valence-electron chi connectivity index (χ3n) is 6.11. The fourth-order valence-electron chi connectivity index (χ4n) is 4.72. The number of benzene rings is 1. The van der Waals surface area contributed by atoms with Crippen molar-refractivity contribution in [2.24, 2.45) is 11.8 Å². The van der Waals surface area contributed by atoms with E-state index in [0.717, 1.165) is 44.5 Å². The summed E-state index contributed by atoms with van der Waals surface area (Å²) in [5, 5.41) is 0. The van der Waals surface area contributed by atoms with Gasteiger partial charge >= 0.3 is 0 Å². The van der Waals surface area contributed by atoms with Crippen LogP contribution in [0.1, 0.15) is 38.5 Å². The second-order valence-corrected chi connectivity index (χ2v) is 9.76. The molecule has 2 saturated heterocycles. The first-order chi connectivity index (χ1) is 12.4. The molecule has 2 atom stereocenters. The third-order valence-corrected chi connectivity index (χ3v) is 8.03. The number of carbonyl (C=O) groups excluding carboxylic acids is 1. The van der Waals surface area contributed by atoms with Crippen LogP contribution in [-0.2, 0) is 14.8 Å². The molecule has 0 aromatic heterocycles. The maximum absolute atomic E-state index is 13.2. The molecule has 142 valence electrons. The molecule has 0 radical (unpaired) electrons. The number of likely N-dealkylation sites (tertiary alicyclic amines) is 1. The van der Waals surface area contributed by atoms with Crippen LogP contribution in [0.25, 0.3) is 0 Å². The van der Waals surface area contributed by atoms with E-state index >= 15 is 0 Å². The SMILES string of the molecule is O=C1[C@H]2C[C@H](CCN2S(=O)(=O)c2ccc(F)cc2)CN1CC1CCCC1. The number of sulfonamides is 1. The average Bonchev–Trinajstić information content (AvgIpc) is 3.13. The lowest BCUT2D eigenvalue weighted by Gasteiger charge is -2.46. The summed E-state index contributed by atoms with van der Waals surface area (Å²) in [6.07, 6.45) is 6.15. The number of amides is 1. The minimum Gasteiger partial charge on any atom is -0.341 e. The Hall–Kier alpha value is -1.47. The van der Waals surface area contributed by atoms with Gasteiger partial charge in [0.25, 0.3) is 0 Å². The molecule has 1 aliphatic carbocycles. The Kier molecular flexibility index (Phi) is 4.77. The maximum atomic E-state index is 13.2. The number of hydrogen-bond donors (Lipinski definition) is 0. The Bertz CT molecular complexity index is 774. The van der Waals surface area contributed by atoms with Crippen LogP contribution in [0.5, 0.6) is 0 Å². The van der Waals surface area contributed by atoms with Crippen LogP contribution < -0.4 is 0 Å². The fraction of sp³-hybridized carbons (Fsp3) is 0.632. The first-order valence-corrected chi connectivity index (χ1v) is 11.0. The minimum atomic E-state index is -3.79. The van der Waals surface area contributed by atoms with Gasteiger partial charge in [0.05, 0.1) is 4.90 Å². The zero-order chi connectivity index (χ0) is 18.3. The van der Waals surface area contributed by atoms with E-state index in [-0.39, 0.29) is 10.8 Å². The molecule has 1 saturated carbocycles. The number of fused-ring (bicyclic) bond motifs is 2. The topological polar surface area (TPSA) is 57.7 Å². The van der Waals surface area contributed by atoms with Crippen LogP contribution in [-0.4, -0.2) is 49.2 Å². The molecule has 7 heteroatoms.